The fourth-order valence-electron chi connectivity index (χ4n) is 2.79. The zero-order chi connectivity index (χ0) is 22.0. The summed E-state index contributed by atoms with van der Waals surface area (Å²) in [6.45, 7) is 3.28. The van der Waals surface area contributed by atoms with Gasteiger partial charge in [-0.1, -0.05) is 13.8 Å². The number of hydrogen-bond donors (Lipinski definition) is 4. The van der Waals surface area contributed by atoms with Gasteiger partial charge < -0.3 is 34.3 Å². The largest absolute Gasteiger partial charge is 0.508 e. The van der Waals surface area contributed by atoms with Crippen LogP contribution in [0.5, 0.6) is 28.7 Å². The second-order valence-corrected chi connectivity index (χ2v) is 7.01. The molecular weight excluding hydrogens is 396 g/mol. The third-order valence-electron chi connectivity index (χ3n) is 4.17. The lowest BCUT2D eigenvalue weighted by Gasteiger charge is -2.12. The summed E-state index contributed by atoms with van der Waals surface area (Å²) in [5, 5.41) is 39.5. The van der Waals surface area contributed by atoms with Crippen LogP contribution in [0.15, 0.2) is 39.5 Å². The summed E-state index contributed by atoms with van der Waals surface area (Å²) in [6.07, 6.45) is 0.213. The molecule has 30 heavy (non-hydrogen) atoms. The standard InChI is InChI=1S/C21H20O9/c1-10(2)5-17(25)29-9-28-15-6-11(3-4-13(15)23)21-20(27)19(26)18-14(24)7-12(22)8-16(18)30-21/h3-4,6-8,10,22-24,27H,5,9H2,1-2H3. The molecule has 2 aromatic carbocycles. The Morgan fingerprint density at radius 1 is 1.07 bits per heavy atom. The van der Waals surface area contributed by atoms with Crippen molar-refractivity contribution in [1.82, 2.24) is 0 Å². The molecule has 0 fully saturated rings. The predicted molar refractivity (Wildman–Crippen MR) is 106 cm³/mol. The summed E-state index contributed by atoms with van der Waals surface area (Å²) in [5.41, 5.74) is -0.888. The number of phenols is 3. The highest BCUT2D eigenvalue weighted by Crippen LogP contribution is 2.38. The number of benzene rings is 2. The minimum atomic E-state index is -0.901. The van der Waals surface area contributed by atoms with Crippen LogP contribution >= 0.6 is 0 Å². The Labute approximate surface area is 170 Å². The molecule has 1 heterocycles. The summed E-state index contributed by atoms with van der Waals surface area (Å²) in [4.78, 5) is 24.0. The molecule has 0 bridgehead atoms. The van der Waals surface area contributed by atoms with E-state index in [2.05, 4.69) is 0 Å². The third kappa shape index (κ3) is 4.24. The van der Waals surface area contributed by atoms with Gasteiger partial charge >= 0.3 is 5.97 Å². The first kappa shape index (κ1) is 20.8. The van der Waals surface area contributed by atoms with E-state index in [0.29, 0.717) is 0 Å². The molecule has 0 saturated heterocycles. The van der Waals surface area contributed by atoms with Crippen molar-refractivity contribution < 1.29 is 39.1 Å². The quantitative estimate of drug-likeness (QED) is 0.351. The second kappa shape index (κ2) is 8.24. The molecule has 158 valence electrons. The molecule has 0 aliphatic rings. The zero-order valence-corrected chi connectivity index (χ0v) is 16.2. The number of hydrogen-bond acceptors (Lipinski definition) is 9. The number of aromatic hydroxyl groups is 4. The summed E-state index contributed by atoms with van der Waals surface area (Å²) < 4.78 is 15.7. The topological polar surface area (TPSA) is 147 Å². The van der Waals surface area contributed by atoms with Gasteiger partial charge in [-0.15, -0.1) is 0 Å². The van der Waals surface area contributed by atoms with Gasteiger partial charge in [0.25, 0.3) is 0 Å². The first-order chi connectivity index (χ1) is 14.2. The second-order valence-electron chi connectivity index (χ2n) is 7.01. The molecule has 0 amide bonds. The molecule has 1 aromatic heterocycles. The van der Waals surface area contributed by atoms with E-state index in [1.54, 1.807) is 0 Å². The van der Waals surface area contributed by atoms with Gasteiger partial charge in [0.2, 0.25) is 18.0 Å². The van der Waals surface area contributed by atoms with Crippen molar-refractivity contribution in [3.05, 3.63) is 40.6 Å². The number of rotatable bonds is 6. The minimum Gasteiger partial charge on any atom is -0.508 e. The van der Waals surface area contributed by atoms with Gasteiger partial charge in [-0.05, 0) is 24.1 Å². The van der Waals surface area contributed by atoms with Crippen molar-refractivity contribution >= 4 is 16.9 Å². The van der Waals surface area contributed by atoms with Crippen molar-refractivity contribution in [2.45, 2.75) is 20.3 Å². The SMILES string of the molecule is CC(C)CC(=O)OCOc1cc(-c2oc3cc(O)cc(O)c3c(=O)c2O)ccc1O. The number of phenolic OH excluding ortho intramolecular Hbond substituents is 3. The van der Waals surface area contributed by atoms with Crippen LogP contribution in [0.3, 0.4) is 0 Å². The van der Waals surface area contributed by atoms with Gasteiger partial charge in [-0.3, -0.25) is 9.59 Å². The van der Waals surface area contributed by atoms with Crippen LogP contribution in [0.25, 0.3) is 22.3 Å². The van der Waals surface area contributed by atoms with Crippen LogP contribution in [0, 0.1) is 5.92 Å². The van der Waals surface area contributed by atoms with E-state index in [1.807, 2.05) is 13.8 Å². The maximum Gasteiger partial charge on any atom is 0.308 e. The molecule has 0 aliphatic carbocycles. The van der Waals surface area contributed by atoms with Crippen molar-refractivity contribution in [1.29, 1.82) is 0 Å². The normalized spacial score (nSPS) is 11.0. The van der Waals surface area contributed by atoms with Crippen LogP contribution < -0.4 is 10.2 Å². The van der Waals surface area contributed by atoms with Gasteiger partial charge in [0, 0.05) is 24.1 Å². The van der Waals surface area contributed by atoms with Crippen molar-refractivity contribution in [2.24, 2.45) is 5.92 Å². The van der Waals surface area contributed by atoms with E-state index in [-0.39, 0.29) is 51.9 Å². The summed E-state index contributed by atoms with van der Waals surface area (Å²) >= 11 is 0. The Kier molecular flexibility index (Phi) is 5.72. The average molecular weight is 416 g/mol. The van der Waals surface area contributed by atoms with E-state index in [9.17, 15) is 30.0 Å². The monoisotopic (exact) mass is 416 g/mol. The first-order valence-electron chi connectivity index (χ1n) is 9.01. The lowest BCUT2D eigenvalue weighted by Crippen LogP contribution is -2.12. The number of carbonyl (C=O) groups excluding carboxylic acids is 1. The smallest absolute Gasteiger partial charge is 0.308 e. The maximum atomic E-state index is 12.5. The van der Waals surface area contributed by atoms with Crippen LogP contribution in [0.4, 0.5) is 0 Å². The molecule has 0 radical (unpaired) electrons. The average Bonchev–Trinajstić information content (AvgIpc) is 2.65. The van der Waals surface area contributed by atoms with Gasteiger partial charge in [0.05, 0.1) is 0 Å². The van der Waals surface area contributed by atoms with Gasteiger partial charge in [0.1, 0.15) is 22.5 Å². The van der Waals surface area contributed by atoms with Crippen molar-refractivity contribution in [3.63, 3.8) is 0 Å². The van der Waals surface area contributed by atoms with E-state index >= 15 is 0 Å². The number of esters is 1. The molecule has 4 N–H and O–H groups in total. The summed E-state index contributed by atoms with van der Waals surface area (Å²) in [7, 11) is 0. The zero-order valence-electron chi connectivity index (χ0n) is 16.2. The van der Waals surface area contributed by atoms with E-state index in [1.165, 1.54) is 18.2 Å². The molecule has 3 rings (SSSR count). The molecule has 0 unspecified atom stereocenters. The Hall–Kier alpha value is -3.88. The van der Waals surface area contributed by atoms with Gasteiger partial charge in [0.15, 0.2) is 17.3 Å². The molecule has 3 aromatic rings. The Balaban J connectivity index is 1.94. The highest BCUT2D eigenvalue weighted by Gasteiger charge is 2.20. The number of fused-ring (bicyclic) bond motifs is 1. The van der Waals surface area contributed by atoms with Crippen LogP contribution in [0.2, 0.25) is 0 Å². The highest BCUT2D eigenvalue weighted by molar-refractivity contribution is 5.88. The summed E-state index contributed by atoms with van der Waals surface area (Å²) in [6, 6.07) is 5.94. The van der Waals surface area contributed by atoms with Crippen molar-refractivity contribution in [2.75, 3.05) is 6.79 Å². The van der Waals surface area contributed by atoms with Crippen molar-refractivity contribution in [3.8, 4) is 40.1 Å². The lowest BCUT2D eigenvalue weighted by atomic mass is 10.1. The molecule has 0 saturated carbocycles. The molecule has 0 spiro atoms. The number of ether oxygens (including phenoxy) is 2. The Bertz CT molecular complexity index is 1160. The fraction of sp³-hybridized carbons (Fsp3) is 0.238. The maximum absolute atomic E-state index is 12.5. The Morgan fingerprint density at radius 3 is 2.50 bits per heavy atom. The third-order valence-corrected chi connectivity index (χ3v) is 4.17. The predicted octanol–water partition coefficient (Wildman–Crippen LogP) is 3.21. The molecule has 0 atom stereocenters. The fourth-order valence-corrected chi connectivity index (χ4v) is 2.79. The first-order valence-corrected chi connectivity index (χ1v) is 9.01. The van der Waals surface area contributed by atoms with E-state index in [4.69, 9.17) is 13.9 Å². The van der Waals surface area contributed by atoms with E-state index in [0.717, 1.165) is 12.1 Å². The van der Waals surface area contributed by atoms with Crippen LogP contribution in [0.1, 0.15) is 20.3 Å². The van der Waals surface area contributed by atoms with E-state index < -0.39 is 29.7 Å². The molecule has 9 nitrogen and oxygen atoms in total. The van der Waals surface area contributed by atoms with Gasteiger partial charge in [-0.2, -0.15) is 0 Å². The molecular formula is C21H20O9. The number of carbonyl (C=O) groups is 1. The lowest BCUT2D eigenvalue weighted by molar-refractivity contribution is -0.151. The summed E-state index contributed by atoms with van der Waals surface area (Å²) in [5.74, 6) is -2.61. The Morgan fingerprint density at radius 2 is 1.80 bits per heavy atom. The molecule has 9 heteroatoms. The molecule has 0 aliphatic heterocycles. The minimum absolute atomic E-state index is 0.0780. The van der Waals surface area contributed by atoms with Crippen LogP contribution in [-0.2, 0) is 9.53 Å². The van der Waals surface area contributed by atoms with Crippen LogP contribution in [-0.4, -0.2) is 33.2 Å². The highest BCUT2D eigenvalue weighted by atomic mass is 16.7. The van der Waals surface area contributed by atoms with Gasteiger partial charge in [-0.25, -0.2) is 0 Å².